The molecule has 1 heterocycles. The lowest BCUT2D eigenvalue weighted by molar-refractivity contribution is -0.146. The first kappa shape index (κ1) is 26.7. The average Bonchev–Trinajstić information content (AvgIpc) is 3.29. The maximum absolute atomic E-state index is 14.6. The SMILES string of the molecule is COc1cccc(NC(=O)[C@H](Cc2ccccc2)N2C(=O)[C@@H]3[C@H](C2=O)C2(Cl)c4ccccc4C3(Cl)c3ccccc32)c1. The molecule has 8 heteroatoms. The molecule has 0 unspecified atom stereocenters. The molecule has 1 N–H and O–H groups in total. The molecule has 2 bridgehead atoms. The molecule has 3 aliphatic carbocycles. The van der Waals surface area contributed by atoms with E-state index in [0.717, 1.165) is 10.5 Å². The van der Waals surface area contributed by atoms with Crippen molar-refractivity contribution in [2.24, 2.45) is 11.8 Å². The summed E-state index contributed by atoms with van der Waals surface area (Å²) in [7, 11) is 1.54. The fraction of sp³-hybridized carbons (Fsp3) is 0.206. The Morgan fingerprint density at radius 3 is 1.79 bits per heavy atom. The molecule has 4 aromatic carbocycles. The van der Waals surface area contributed by atoms with Gasteiger partial charge in [0.25, 0.3) is 0 Å². The molecule has 4 aromatic rings. The van der Waals surface area contributed by atoms with Crippen LogP contribution in [0.15, 0.2) is 103 Å². The summed E-state index contributed by atoms with van der Waals surface area (Å²) in [5.74, 6) is -2.92. The Hall–Kier alpha value is -4.13. The molecule has 210 valence electrons. The van der Waals surface area contributed by atoms with Gasteiger partial charge >= 0.3 is 0 Å². The van der Waals surface area contributed by atoms with Crippen molar-refractivity contribution in [3.8, 4) is 5.75 Å². The number of halogens is 2. The van der Waals surface area contributed by atoms with Crippen LogP contribution in [0, 0.1) is 11.8 Å². The summed E-state index contributed by atoms with van der Waals surface area (Å²) in [6.07, 6.45) is 0.123. The van der Waals surface area contributed by atoms with Crippen LogP contribution in [0.1, 0.15) is 27.8 Å². The number of nitrogens with zero attached hydrogens (tertiary/aromatic N) is 1. The van der Waals surface area contributed by atoms with Gasteiger partial charge in [-0.2, -0.15) is 0 Å². The van der Waals surface area contributed by atoms with Crippen LogP contribution < -0.4 is 10.1 Å². The molecule has 1 fully saturated rings. The van der Waals surface area contributed by atoms with Crippen LogP contribution >= 0.6 is 23.2 Å². The Labute approximate surface area is 253 Å². The number of benzene rings is 4. The lowest BCUT2D eigenvalue weighted by atomic mass is 9.54. The quantitative estimate of drug-likeness (QED) is 0.224. The van der Waals surface area contributed by atoms with Crippen molar-refractivity contribution in [2.75, 3.05) is 12.4 Å². The second-order valence-electron chi connectivity index (χ2n) is 10.9. The van der Waals surface area contributed by atoms with Crippen molar-refractivity contribution in [1.29, 1.82) is 0 Å². The first-order chi connectivity index (χ1) is 20.3. The summed E-state index contributed by atoms with van der Waals surface area (Å²) in [5.41, 5.74) is 4.14. The molecule has 1 saturated heterocycles. The monoisotopic (exact) mass is 596 g/mol. The summed E-state index contributed by atoms with van der Waals surface area (Å²) < 4.78 is 5.31. The number of alkyl halides is 2. The summed E-state index contributed by atoms with van der Waals surface area (Å²) >= 11 is 15.2. The zero-order valence-electron chi connectivity index (χ0n) is 22.6. The molecule has 0 spiro atoms. The van der Waals surface area contributed by atoms with Gasteiger partial charge < -0.3 is 10.1 Å². The largest absolute Gasteiger partial charge is 0.497 e. The number of methoxy groups -OCH3 is 1. The molecule has 6 nitrogen and oxygen atoms in total. The van der Waals surface area contributed by atoms with Gasteiger partial charge in [-0.15, -0.1) is 23.2 Å². The molecule has 3 amide bonds. The van der Waals surface area contributed by atoms with Crippen LogP contribution in [-0.2, 0) is 30.6 Å². The van der Waals surface area contributed by atoms with Crippen LogP contribution in [0.4, 0.5) is 5.69 Å². The lowest BCUT2D eigenvalue weighted by Crippen LogP contribution is -2.57. The van der Waals surface area contributed by atoms with Crippen molar-refractivity contribution in [2.45, 2.75) is 22.2 Å². The number of hydrogen-bond donors (Lipinski definition) is 1. The van der Waals surface area contributed by atoms with E-state index in [1.54, 1.807) is 24.3 Å². The van der Waals surface area contributed by atoms with Crippen LogP contribution in [0.25, 0.3) is 0 Å². The molecule has 3 atom stereocenters. The van der Waals surface area contributed by atoms with E-state index in [9.17, 15) is 14.4 Å². The van der Waals surface area contributed by atoms with E-state index in [2.05, 4.69) is 5.32 Å². The third-order valence-electron chi connectivity index (χ3n) is 8.84. The topological polar surface area (TPSA) is 75.7 Å². The van der Waals surface area contributed by atoms with Crippen LogP contribution in [0.3, 0.4) is 0 Å². The molecular formula is C34H26Cl2N2O4. The van der Waals surface area contributed by atoms with Crippen molar-refractivity contribution in [3.05, 3.63) is 131 Å². The molecular weight excluding hydrogens is 571 g/mol. The first-order valence-corrected chi connectivity index (χ1v) is 14.5. The summed E-state index contributed by atoms with van der Waals surface area (Å²) in [5, 5.41) is 2.90. The Balaban J connectivity index is 1.35. The Kier molecular flexibility index (Phi) is 6.19. The van der Waals surface area contributed by atoms with Crippen molar-refractivity contribution in [3.63, 3.8) is 0 Å². The number of imide groups is 1. The Morgan fingerprint density at radius 1 is 0.786 bits per heavy atom. The highest BCUT2D eigenvalue weighted by atomic mass is 35.5. The van der Waals surface area contributed by atoms with E-state index in [-0.39, 0.29) is 6.42 Å². The van der Waals surface area contributed by atoms with Crippen LogP contribution in [0.2, 0.25) is 0 Å². The van der Waals surface area contributed by atoms with Gasteiger partial charge in [-0.1, -0.05) is 84.9 Å². The minimum absolute atomic E-state index is 0.123. The van der Waals surface area contributed by atoms with Gasteiger partial charge in [0.05, 0.1) is 18.9 Å². The highest BCUT2D eigenvalue weighted by Crippen LogP contribution is 2.69. The Bertz CT molecular complexity index is 1640. The first-order valence-electron chi connectivity index (χ1n) is 13.7. The van der Waals surface area contributed by atoms with Gasteiger partial charge in [0, 0.05) is 18.2 Å². The van der Waals surface area contributed by atoms with Crippen LogP contribution in [0.5, 0.6) is 5.75 Å². The van der Waals surface area contributed by atoms with E-state index in [1.165, 1.54) is 7.11 Å². The van der Waals surface area contributed by atoms with Crippen LogP contribution in [-0.4, -0.2) is 35.8 Å². The molecule has 4 aliphatic rings. The zero-order chi connectivity index (χ0) is 29.2. The summed E-state index contributed by atoms with van der Waals surface area (Å²) in [6, 6.07) is 30.1. The second kappa shape index (κ2) is 9.72. The normalized spacial score (nSPS) is 25.8. The van der Waals surface area contributed by atoms with E-state index >= 15 is 0 Å². The van der Waals surface area contributed by atoms with Crippen molar-refractivity contribution < 1.29 is 19.1 Å². The highest BCUT2D eigenvalue weighted by Gasteiger charge is 2.73. The van der Waals surface area contributed by atoms with E-state index in [1.807, 2.05) is 78.9 Å². The third kappa shape index (κ3) is 3.61. The van der Waals surface area contributed by atoms with Gasteiger partial charge in [0.1, 0.15) is 21.5 Å². The predicted molar refractivity (Wildman–Crippen MR) is 161 cm³/mol. The van der Waals surface area contributed by atoms with Crippen molar-refractivity contribution >= 4 is 46.6 Å². The zero-order valence-corrected chi connectivity index (χ0v) is 24.1. The molecule has 8 rings (SSSR count). The minimum atomic E-state index is -1.32. The number of carbonyl (C=O) groups excluding carboxylic acids is 3. The fourth-order valence-corrected chi connectivity index (χ4v) is 8.16. The highest BCUT2D eigenvalue weighted by molar-refractivity contribution is 6.36. The predicted octanol–water partition coefficient (Wildman–Crippen LogP) is 5.84. The van der Waals surface area contributed by atoms with Gasteiger partial charge in [-0.25, -0.2) is 0 Å². The number of hydrogen-bond acceptors (Lipinski definition) is 4. The average molecular weight is 597 g/mol. The Morgan fingerprint density at radius 2 is 1.29 bits per heavy atom. The van der Waals surface area contributed by atoms with E-state index in [0.29, 0.717) is 33.7 Å². The number of amides is 3. The third-order valence-corrected chi connectivity index (χ3v) is 10.1. The maximum atomic E-state index is 14.6. The second-order valence-corrected chi connectivity index (χ2v) is 12.1. The number of likely N-dealkylation sites (tertiary alicyclic amines) is 1. The number of anilines is 1. The minimum Gasteiger partial charge on any atom is -0.497 e. The molecule has 42 heavy (non-hydrogen) atoms. The van der Waals surface area contributed by atoms with Crippen molar-refractivity contribution in [1.82, 2.24) is 4.90 Å². The van der Waals surface area contributed by atoms with Gasteiger partial charge in [-0.3, -0.25) is 19.3 Å². The number of ether oxygens (including phenoxy) is 1. The molecule has 1 aliphatic heterocycles. The number of carbonyl (C=O) groups is 3. The van der Waals surface area contributed by atoms with Gasteiger partial charge in [0.2, 0.25) is 17.7 Å². The fourth-order valence-electron chi connectivity index (χ4n) is 7.06. The smallest absolute Gasteiger partial charge is 0.248 e. The lowest BCUT2D eigenvalue weighted by Gasteiger charge is -2.54. The van der Waals surface area contributed by atoms with E-state index < -0.39 is 45.3 Å². The van der Waals surface area contributed by atoms with Gasteiger partial charge in [-0.05, 0) is 39.9 Å². The van der Waals surface area contributed by atoms with Gasteiger partial charge in [0.15, 0.2) is 0 Å². The number of nitrogens with one attached hydrogen (secondary N) is 1. The summed E-state index contributed by atoms with van der Waals surface area (Å²) in [4.78, 5) is 41.6. The standard InChI is InChI=1S/C34H26Cl2N2O4/c1-42-22-13-9-12-21(19-22)37-30(39)27(18-20-10-3-2-4-11-20)38-31(40)28-29(32(38)41)34(36)24-15-6-5-14-23(24)33(28,35)25-16-7-8-17-26(25)34/h2-17,19,27-29H,18H2,1H3,(H,37,39)/t27-,28-,29+,33?,34?/m0/s1. The molecule has 0 saturated carbocycles. The molecule has 0 radical (unpaired) electrons. The van der Waals surface area contributed by atoms with E-state index in [4.69, 9.17) is 27.9 Å². The maximum Gasteiger partial charge on any atom is 0.248 e. The summed E-state index contributed by atoms with van der Waals surface area (Å²) in [6.45, 7) is 0. The molecule has 0 aromatic heterocycles. The number of rotatable bonds is 6.